The summed E-state index contributed by atoms with van der Waals surface area (Å²) in [5.74, 6) is 0. The van der Waals surface area contributed by atoms with Crippen LogP contribution in [0.2, 0.25) is 0 Å². The molecule has 0 aromatic heterocycles. The Morgan fingerprint density at radius 1 is 0.920 bits per heavy atom. The van der Waals surface area contributed by atoms with Crippen LogP contribution in [0.1, 0.15) is 17.2 Å². The van der Waals surface area contributed by atoms with Crippen LogP contribution in [0, 0.1) is 6.92 Å². The van der Waals surface area contributed by atoms with Crippen LogP contribution in [0.5, 0.6) is 0 Å². The molecule has 136 valence electrons. The minimum atomic E-state index is -3.52. The maximum absolute atomic E-state index is 12.5. The van der Waals surface area contributed by atoms with Crippen molar-refractivity contribution in [2.75, 3.05) is 39.6 Å². The molecule has 6 heteroatoms. The topological polar surface area (TPSA) is 52.7 Å². The van der Waals surface area contributed by atoms with Crippen molar-refractivity contribution in [2.45, 2.75) is 17.9 Å². The zero-order valence-electron chi connectivity index (χ0n) is 15.5. The molecule has 2 aromatic carbocycles. The molecule has 0 bridgehead atoms. The van der Waals surface area contributed by atoms with Gasteiger partial charge in [0.05, 0.1) is 4.90 Å². The lowest BCUT2D eigenvalue weighted by molar-refractivity contribution is 0.299. The summed E-state index contributed by atoms with van der Waals surface area (Å²) >= 11 is 0. The summed E-state index contributed by atoms with van der Waals surface area (Å²) in [5.41, 5.74) is 3.22. The summed E-state index contributed by atoms with van der Waals surface area (Å²) in [7, 11) is 4.37. The maximum atomic E-state index is 12.5. The Morgan fingerprint density at radius 3 is 1.96 bits per heavy atom. The molecule has 0 amide bonds. The van der Waals surface area contributed by atoms with E-state index < -0.39 is 10.0 Å². The van der Waals surface area contributed by atoms with Gasteiger partial charge in [-0.3, -0.25) is 0 Å². The van der Waals surface area contributed by atoms with E-state index in [9.17, 15) is 8.42 Å². The first-order valence-corrected chi connectivity index (χ1v) is 9.69. The molecule has 0 aliphatic heterocycles. The Hall–Kier alpha value is -1.89. The third-order valence-corrected chi connectivity index (χ3v) is 5.66. The molecule has 0 radical (unpaired) electrons. The molecule has 5 nitrogen and oxygen atoms in total. The molecule has 0 aliphatic carbocycles. The summed E-state index contributed by atoms with van der Waals surface area (Å²) in [6.07, 6.45) is 0. The number of nitrogens with zero attached hydrogens (tertiary/aromatic N) is 2. The summed E-state index contributed by atoms with van der Waals surface area (Å²) in [6.45, 7) is 2.24. The van der Waals surface area contributed by atoms with Gasteiger partial charge in [-0.25, -0.2) is 13.1 Å². The van der Waals surface area contributed by atoms with Crippen molar-refractivity contribution in [2.24, 2.45) is 0 Å². The predicted octanol–water partition coefficient (Wildman–Crippen LogP) is 2.64. The molecule has 0 fully saturated rings. The lowest BCUT2D eigenvalue weighted by atomic mass is 10.1. The van der Waals surface area contributed by atoms with Crippen LogP contribution in [0.3, 0.4) is 0 Å². The third kappa shape index (κ3) is 5.04. The van der Waals surface area contributed by atoms with E-state index in [0.717, 1.165) is 16.8 Å². The highest BCUT2D eigenvalue weighted by Crippen LogP contribution is 2.21. The van der Waals surface area contributed by atoms with E-state index in [1.165, 1.54) is 0 Å². The molecular formula is C19H27N3O2S. The van der Waals surface area contributed by atoms with Gasteiger partial charge in [0, 0.05) is 32.4 Å². The minimum Gasteiger partial charge on any atom is -0.378 e. The first-order chi connectivity index (χ1) is 11.7. The number of anilines is 1. The largest absolute Gasteiger partial charge is 0.378 e. The van der Waals surface area contributed by atoms with E-state index in [1.807, 2.05) is 69.2 Å². The Balaban J connectivity index is 2.15. The van der Waals surface area contributed by atoms with E-state index in [0.29, 0.717) is 11.4 Å². The molecule has 1 unspecified atom stereocenters. The average molecular weight is 362 g/mol. The SMILES string of the molecule is Cc1ccc(S(=O)(=O)NCC(c2ccc(N(C)C)cc2)N(C)C)cc1. The van der Waals surface area contributed by atoms with Gasteiger partial charge in [0.25, 0.3) is 0 Å². The van der Waals surface area contributed by atoms with E-state index in [2.05, 4.69) is 4.72 Å². The molecule has 0 heterocycles. The molecule has 25 heavy (non-hydrogen) atoms. The second-order valence-electron chi connectivity index (χ2n) is 6.63. The third-order valence-electron chi connectivity index (χ3n) is 4.22. The lowest BCUT2D eigenvalue weighted by Crippen LogP contribution is -2.34. The fourth-order valence-corrected chi connectivity index (χ4v) is 3.62. The van der Waals surface area contributed by atoms with Crippen LogP contribution in [0.4, 0.5) is 5.69 Å². The molecule has 0 aliphatic rings. The summed E-state index contributed by atoms with van der Waals surface area (Å²) in [4.78, 5) is 4.34. The number of likely N-dealkylation sites (N-methyl/N-ethyl adjacent to an activating group) is 1. The number of nitrogens with one attached hydrogen (secondary N) is 1. The second kappa shape index (κ2) is 7.99. The Morgan fingerprint density at radius 2 is 1.48 bits per heavy atom. The number of benzene rings is 2. The predicted molar refractivity (Wildman–Crippen MR) is 104 cm³/mol. The smallest absolute Gasteiger partial charge is 0.240 e. The quantitative estimate of drug-likeness (QED) is 0.824. The molecule has 2 aromatic rings. The standard InChI is InChI=1S/C19H27N3O2S/c1-15-6-12-18(13-7-15)25(23,24)20-14-19(22(4)5)16-8-10-17(11-9-16)21(2)3/h6-13,19-20H,14H2,1-5H3. The zero-order chi connectivity index (χ0) is 18.6. The molecule has 0 saturated carbocycles. The average Bonchev–Trinajstić information content (AvgIpc) is 2.55. The van der Waals surface area contributed by atoms with Crippen molar-refractivity contribution >= 4 is 15.7 Å². The highest BCUT2D eigenvalue weighted by Gasteiger charge is 2.19. The Kier molecular flexibility index (Phi) is 6.21. The molecule has 0 spiro atoms. The van der Waals surface area contributed by atoms with Gasteiger partial charge in [0.2, 0.25) is 10.0 Å². The van der Waals surface area contributed by atoms with Crippen molar-refractivity contribution in [1.82, 2.24) is 9.62 Å². The van der Waals surface area contributed by atoms with Gasteiger partial charge >= 0.3 is 0 Å². The highest BCUT2D eigenvalue weighted by molar-refractivity contribution is 7.89. The van der Waals surface area contributed by atoms with Gasteiger partial charge in [0.1, 0.15) is 0 Å². The number of hydrogen-bond acceptors (Lipinski definition) is 4. The van der Waals surface area contributed by atoms with E-state index in [-0.39, 0.29) is 6.04 Å². The van der Waals surface area contributed by atoms with Gasteiger partial charge in [-0.2, -0.15) is 0 Å². The van der Waals surface area contributed by atoms with Crippen LogP contribution in [0.25, 0.3) is 0 Å². The molecular weight excluding hydrogens is 334 g/mol. The van der Waals surface area contributed by atoms with E-state index >= 15 is 0 Å². The zero-order valence-corrected chi connectivity index (χ0v) is 16.3. The minimum absolute atomic E-state index is 0.0450. The molecule has 1 atom stereocenters. The van der Waals surface area contributed by atoms with Crippen molar-refractivity contribution in [3.63, 3.8) is 0 Å². The molecule has 2 rings (SSSR count). The first-order valence-electron chi connectivity index (χ1n) is 8.21. The summed E-state index contributed by atoms with van der Waals surface area (Å²) < 4.78 is 27.8. The van der Waals surface area contributed by atoms with Gasteiger partial charge < -0.3 is 9.80 Å². The van der Waals surface area contributed by atoms with Crippen LogP contribution < -0.4 is 9.62 Å². The van der Waals surface area contributed by atoms with Crippen LogP contribution >= 0.6 is 0 Å². The van der Waals surface area contributed by atoms with Crippen molar-refractivity contribution in [3.05, 3.63) is 59.7 Å². The van der Waals surface area contributed by atoms with Crippen molar-refractivity contribution in [1.29, 1.82) is 0 Å². The van der Waals surface area contributed by atoms with Crippen molar-refractivity contribution in [3.8, 4) is 0 Å². The number of sulfonamides is 1. The monoisotopic (exact) mass is 361 g/mol. The molecule has 1 N–H and O–H groups in total. The normalized spacial score (nSPS) is 13.0. The van der Waals surface area contributed by atoms with Gasteiger partial charge in [-0.15, -0.1) is 0 Å². The Bertz CT molecular complexity index is 782. The summed E-state index contributed by atoms with van der Waals surface area (Å²) in [5, 5.41) is 0. The lowest BCUT2D eigenvalue weighted by Gasteiger charge is -2.25. The van der Waals surface area contributed by atoms with Crippen LogP contribution in [-0.4, -0.2) is 48.1 Å². The van der Waals surface area contributed by atoms with Gasteiger partial charge in [-0.05, 0) is 50.8 Å². The summed E-state index contributed by atoms with van der Waals surface area (Å²) in [6, 6.07) is 15.0. The van der Waals surface area contributed by atoms with E-state index in [4.69, 9.17) is 0 Å². The number of aryl methyl sites for hydroxylation is 1. The van der Waals surface area contributed by atoms with Crippen LogP contribution in [-0.2, 0) is 10.0 Å². The van der Waals surface area contributed by atoms with Crippen molar-refractivity contribution < 1.29 is 8.42 Å². The highest BCUT2D eigenvalue weighted by atomic mass is 32.2. The first kappa shape index (κ1) is 19.4. The van der Waals surface area contributed by atoms with Gasteiger partial charge in [-0.1, -0.05) is 29.8 Å². The fourth-order valence-electron chi connectivity index (χ4n) is 2.58. The molecule has 0 saturated heterocycles. The van der Waals surface area contributed by atoms with Crippen LogP contribution in [0.15, 0.2) is 53.4 Å². The number of rotatable bonds is 7. The van der Waals surface area contributed by atoms with E-state index in [1.54, 1.807) is 24.3 Å². The fraction of sp³-hybridized carbons (Fsp3) is 0.368. The maximum Gasteiger partial charge on any atom is 0.240 e. The van der Waals surface area contributed by atoms with Gasteiger partial charge in [0.15, 0.2) is 0 Å². The second-order valence-corrected chi connectivity index (χ2v) is 8.40. The number of hydrogen-bond donors (Lipinski definition) is 1. The Labute approximate surface area is 151 Å².